The second kappa shape index (κ2) is 7.88. The monoisotopic (exact) mass is 409 g/mol. The average Bonchev–Trinajstić information content (AvgIpc) is 3.24. The van der Waals surface area contributed by atoms with Crippen LogP contribution in [0.5, 0.6) is 5.75 Å². The van der Waals surface area contributed by atoms with Crippen LogP contribution in [-0.4, -0.2) is 35.4 Å². The highest BCUT2D eigenvalue weighted by Gasteiger charge is 2.26. The zero-order chi connectivity index (χ0) is 20.4. The molecule has 0 saturated carbocycles. The number of amides is 2. The first-order chi connectivity index (χ1) is 14.0. The SMILES string of the molecule is COc1ccc(C)c(NC(=O)c2cnc3c(c2)N(Cc2cscn2)C(=O)CN3)c1. The Kier molecular flexibility index (Phi) is 5.13. The number of anilines is 3. The maximum absolute atomic E-state index is 12.8. The fourth-order valence-electron chi connectivity index (χ4n) is 3.02. The van der Waals surface area contributed by atoms with Gasteiger partial charge in [0.25, 0.3) is 5.91 Å². The molecule has 0 atom stereocenters. The zero-order valence-electron chi connectivity index (χ0n) is 15.9. The van der Waals surface area contributed by atoms with Crippen LogP contribution in [0.4, 0.5) is 17.2 Å². The third kappa shape index (κ3) is 3.90. The van der Waals surface area contributed by atoms with E-state index in [9.17, 15) is 9.59 Å². The van der Waals surface area contributed by atoms with E-state index >= 15 is 0 Å². The second-order valence-electron chi connectivity index (χ2n) is 6.54. The van der Waals surface area contributed by atoms with Gasteiger partial charge >= 0.3 is 0 Å². The maximum Gasteiger partial charge on any atom is 0.257 e. The lowest BCUT2D eigenvalue weighted by atomic mass is 10.1. The largest absolute Gasteiger partial charge is 0.497 e. The van der Waals surface area contributed by atoms with Crippen molar-refractivity contribution in [3.8, 4) is 5.75 Å². The first-order valence-corrected chi connectivity index (χ1v) is 9.87. The summed E-state index contributed by atoms with van der Waals surface area (Å²) in [4.78, 5) is 35.5. The van der Waals surface area contributed by atoms with Gasteiger partial charge in [0.15, 0.2) is 5.82 Å². The smallest absolute Gasteiger partial charge is 0.257 e. The molecular weight excluding hydrogens is 390 g/mol. The number of aryl methyl sites for hydroxylation is 1. The van der Waals surface area contributed by atoms with Gasteiger partial charge < -0.3 is 20.3 Å². The van der Waals surface area contributed by atoms with Crippen LogP contribution < -0.4 is 20.3 Å². The fourth-order valence-corrected chi connectivity index (χ4v) is 3.57. The van der Waals surface area contributed by atoms with E-state index in [1.807, 2.05) is 24.4 Å². The van der Waals surface area contributed by atoms with Gasteiger partial charge in [-0.1, -0.05) is 6.07 Å². The molecular formula is C20H19N5O3S. The normalized spacial score (nSPS) is 12.9. The molecule has 0 aliphatic carbocycles. The van der Waals surface area contributed by atoms with Gasteiger partial charge in [0.1, 0.15) is 5.75 Å². The van der Waals surface area contributed by atoms with E-state index in [2.05, 4.69) is 20.6 Å². The van der Waals surface area contributed by atoms with Crippen molar-refractivity contribution < 1.29 is 14.3 Å². The maximum atomic E-state index is 12.8. The number of pyridine rings is 1. The fraction of sp³-hybridized carbons (Fsp3) is 0.200. The summed E-state index contributed by atoms with van der Waals surface area (Å²) in [6.45, 7) is 2.38. The molecule has 2 amide bonds. The van der Waals surface area contributed by atoms with Crippen molar-refractivity contribution in [2.45, 2.75) is 13.5 Å². The molecule has 148 valence electrons. The molecule has 1 aliphatic heterocycles. The summed E-state index contributed by atoms with van der Waals surface area (Å²) in [5.74, 6) is 0.796. The number of hydrogen-bond acceptors (Lipinski definition) is 7. The van der Waals surface area contributed by atoms with Crippen molar-refractivity contribution >= 4 is 40.3 Å². The molecule has 2 N–H and O–H groups in total. The standard InChI is InChI=1S/C20H19N5O3S/c1-12-3-4-15(28-2)6-16(12)24-20(27)13-5-17-19(21-7-13)22-8-18(26)25(17)9-14-10-29-11-23-14/h3-7,10-11H,8-9H2,1-2H3,(H,21,22)(H,24,27). The quantitative estimate of drug-likeness (QED) is 0.672. The minimum atomic E-state index is -0.316. The molecule has 9 heteroatoms. The van der Waals surface area contributed by atoms with Crippen molar-refractivity contribution in [1.29, 1.82) is 0 Å². The van der Waals surface area contributed by atoms with Gasteiger partial charge in [0.2, 0.25) is 5.91 Å². The number of methoxy groups -OCH3 is 1. The van der Waals surface area contributed by atoms with E-state index in [1.165, 1.54) is 17.5 Å². The molecule has 3 aromatic rings. The number of fused-ring (bicyclic) bond motifs is 1. The van der Waals surface area contributed by atoms with E-state index < -0.39 is 0 Å². The third-order valence-corrected chi connectivity index (χ3v) is 5.26. The van der Waals surface area contributed by atoms with Gasteiger partial charge in [0.05, 0.1) is 42.7 Å². The minimum absolute atomic E-state index is 0.103. The Morgan fingerprint density at radius 1 is 1.34 bits per heavy atom. The van der Waals surface area contributed by atoms with Crippen molar-refractivity contribution in [3.63, 3.8) is 0 Å². The summed E-state index contributed by atoms with van der Waals surface area (Å²) < 4.78 is 5.23. The lowest BCUT2D eigenvalue weighted by Gasteiger charge is -2.29. The predicted octanol–water partition coefficient (Wildman–Crippen LogP) is 3.07. The highest BCUT2D eigenvalue weighted by Crippen LogP contribution is 2.30. The van der Waals surface area contributed by atoms with Crippen molar-refractivity contribution in [2.24, 2.45) is 0 Å². The number of thiazole rings is 1. The first-order valence-electron chi connectivity index (χ1n) is 8.92. The van der Waals surface area contributed by atoms with Crippen LogP contribution in [0.3, 0.4) is 0 Å². The minimum Gasteiger partial charge on any atom is -0.497 e. The van der Waals surface area contributed by atoms with Crippen molar-refractivity contribution in [3.05, 3.63) is 58.2 Å². The van der Waals surface area contributed by atoms with E-state index in [0.717, 1.165) is 11.3 Å². The lowest BCUT2D eigenvalue weighted by molar-refractivity contribution is -0.117. The van der Waals surface area contributed by atoms with E-state index in [-0.39, 0.29) is 18.4 Å². The summed E-state index contributed by atoms with van der Waals surface area (Å²) in [7, 11) is 1.57. The molecule has 0 unspecified atom stereocenters. The number of hydrogen-bond donors (Lipinski definition) is 2. The summed E-state index contributed by atoms with van der Waals surface area (Å²) in [6.07, 6.45) is 1.49. The molecule has 1 aromatic carbocycles. The summed E-state index contributed by atoms with van der Waals surface area (Å²) in [6, 6.07) is 7.14. The number of rotatable bonds is 5. The van der Waals surface area contributed by atoms with Crippen LogP contribution in [0.25, 0.3) is 0 Å². The topological polar surface area (TPSA) is 96.4 Å². The second-order valence-corrected chi connectivity index (χ2v) is 7.26. The first kappa shape index (κ1) is 18.9. The average molecular weight is 409 g/mol. The molecule has 0 fully saturated rings. The van der Waals surface area contributed by atoms with Crippen molar-refractivity contribution in [2.75, 3.05) is 29.2 Å². The molecule has 29 heavy (non-hydrogen) atoms. The van der Waals surface area contributed by atoms with Crippen LogP contribution >= 0.6 is 11.3 Å². The van der Waals surface area contributed by atoms with Gasteiger partial charge in [-0.25, -0.2) is 9.97 Å². The highest BCUT2D eigenvalue weighted by atomic mass is 32.1. The molecule has 8 nitrogen and oxygen atoms in total. The van der Waals surface area contributed by atoms with Crippen LogP contribution in [-0.2, 0) is 11.3 Å². The van der Waals surface area contributed by atoms with Gasteiger partial charge in [-0.2, -0.15) is 0 Å². The van der Waals surface area contributed by atoms with E-state index in [4.69, 9.17) is 4.74 Å². The predicted molar refractivity (Wildman–Crippen MR) is 112 cm³/mol. The van der Waals surface area contributed by atoms with Gasteiger partial charge in [-0.15, -0.1) is 11.3 Å². The Morgan fingerprint density at radius 3 is 2.97 bits per heavy atom. The van der Waals surface area contributed by atoms with Crippen LogP contribution in [0.2, 0.25) is 0 Å². The molecule has 3 heterocycles. The van der Waals surface area contributed by atoms with Crippen LogP contribution in [0.15, 0.2) is 41.4 Å². The molecule has 0 spiro atoms. The molecule has 0 radical (unpaired) electrons. The number of carbonyl (C=O) groups is 2. The summed E-state index contributed by atoms with van der Waals surface area (Å²) in [5, 5.41) is 7.77. The Bertz CT molecular complexity index is 1070. The Morgan fingerprint density at radius 2 is 2.21 bits per heavy atom. The Hall–Kier alpha value is -3.46. The van der Waals surface area contributed by atoms with E-state index in [0.29, 0.717) is 35.1 Å². The number of carbonyl (C=O) groups excluding carboxylic acids is 2. The molecule has 2 aromatic heterocycles. The number of nitrogens with one attached hydrogen (secondary N) is 2. The van der Waals surface area contributed by atoms with Crippen LogP contribution in [0, 0.1) is 6.92 Å². The van der Waals surface area contributed by atoms with Gasteiger partial charge in [0, 0.05) is 23.3 Å². The highest BCUT2D eigenvalue weighted by molar-refractivity contribution is 7.07. The number of aromatic nitrogens is 2. The Balaban J connectivity index is 1.62. The van der Waals surface area contributed by atoms with Crippen LogP contribution in [0.1, 0.15) is 21.6 Å². The van der Waals surface area contributed by atoms with Gasteiger partial charge in [-0.3, -0.25) is 9.59 Å². The molecule has 1 aliphatic rings. The third-order valence-electron chi connectivity index (χ3n) is 4.63. The molecule has 0 saturated heterocycles. The number of benzene rings is 1. The molecule has 0 bridgehead atoms. The van der Waals surface area contributed by atoms with Crippen molar-refractivity contribution in [1.82, 2.24) is 9.97 Å². The van der Waals surface area contributed by atoms with Gasteiger partial charge in [-0.05, 0) is 24.6 Å². The van der Waals surface area contributed by atoms with E-state index in [1.54, 1.807) is 29.7 Å². The zero-order valence-corrected chi connectivity index (χ0v) is 16.7. The Labute approximate surface area is 171 Å². The lowest BCUT2D eigenvalue weighted by Crippen LogP contribution is -2.40. The summed E-state index contributed by atoms with van der Waals surface area (Å²) in [5.41, 5.74) is 4.99. The summed E-state index contributed by atoms with van der Waals surface area (Å²) >= 11 is 1.47. The number of ether oxygens (including phenoxy) is 1. The molecule has 4 rings (SSSR count). The number of nitrogens with zero attached hydrogens (tertiary/aromatic N) is 3.